The Hall–Kier alpha value is -3.03. The number of nitrogens with one attached hydrogen (secondary N) is 1. The summed E-state index contributed by atoms with van der Waals surface area (Å²) in [5, 5.41) is 4.10. The van der Waals surface area contributed by atoms with Gasteiger partial charge in [0.05, 0.1) is 18.2 Å². The van der Waals surface area contributed by atoms with E-state index in [9.17, 15) is 21.6 Å². The molecule has 186 valence electrons. The molecule has 5 rings (SSSR count). The van der Waals surface area contributed by atoms with E-state index in [1.54, 1.807) is 21.7 Å². The van der Waals surface area contributed by atoms with Gasteiger partial charge in [0.2, 0.25) is 10.0 Å². The predicted octanol–water partition coefficient (Wildman–Crippen LogP) is 3.08. The molecule has 35 heavy (non-hydrogen) atoms. The number of nitrogens with zero attached hydrogens (tertiary/aromatic N) is 5. The molecule has 3 aromatic rings. The number of alkyl halides is 3. The van der Waals surface area contributed by atoms with E-state index in [1.165, 1.54) is 30.7 Å². The van der Waals surface area contributed by atoms with Gasteiger partial charge in [-0.1, -0.05) is 18.2 Å². The molecule has 0 spiro atoms. The van der Waals surface area contributed by atoms with Gasteiger partial charge in [-0.25, -0.2) is 27.8 Å². The molecular formula is C22H23F3N6O3S. The first-order valence-corrected chi connectivity index (χ1v) is 12.6. The number of anilines is 1. The zero-order valence-corrected chi connectivity index (χ0v) is 19.3. The van der Waals surface area contributed by atoms with Crippen molar-refractivity contribution in [3.63, 3.8) is 0 Å². The Morgan fingerprint density at radius 2 is 1.91 bits per heavy atom. The standard InChI is InChI=1S/C22H23F3N6O3S/c23-22(24,25)17-5-2-1-4-16(17)19-13-30(10-11-34-19)20-8-7-15(12-26-20)35(32,33)29-18-6-3-9-31-21(18)27-14-28-31/h1-2,4-5,7-8,12,14,18-19,29H,3,6,9-11,13H2. The molecule has 1 aromatic carbocycles. The van der Waals surface area contributed by atoms with E-state index in [2.05, 4.69) is 19.8 Å². The number of sulfonamides is 1. The third-order valence-corrected chi connectivity index (χ3v) is 7.61. The first-order valence-electron chi connectivity index (χ1n) is 11.1. The van der Waals surface area contributed by atoms with E-state index in [-0.39, 0.29) is 23.6 Å². The molecule has 2 aromatic heterocycles. The zero-order valence-electron chi connectivity index (χ0n) is 18.5. The highest BCUT2D eigenvalue weighted by molar-refractivity contribution is 7.89. The molecule has 0 aliphatic carbocycles. The molecule has 2 aliphatic heterocycles. The van der Waals surface area contributed by atoms with Gasteiger partial charge < -0.3 is 9.64 Å². The number of hydrogen-bond acceptors (Lipinski definition) is 7. The molecule has 0 amide bonds. The van der Waals surface area contributed by atoms with Crippen molar-refractivity contribution in [2.24, 2.45) is 0 Å². The summed E-state index contributed by atoms with van der Waals surface area (Å²) in [5.74, 6) is 1.03. The topological polar surface area (TPSA) is 102 Å². The summed E-state index contributed by atoms with van der Waals surface area (Å²) in [6.07, 6.45) is -1.25. The Morgan fingerprint density at radius 3 is 2.69 bits per heavy atom. The third-order valence-electron chi connectivity index (χ3n) is 6.15. The Bertz CT molecular complexity index is 1300. The summed E-state index contributed by atoms with van der Waals surface area (Å²) in [7, 11) is -3.87. The van der Waals surface area contributed by atoms with Gasteiger partial charge in [0, 0.05) is 25.8 Å². The van der Waals surface area contributed by atoms with Crippen LogP contribution < -0.4 is 9.62 Å². The summed E-state index contributed by atoms with van der Waals surface area (Å²) >= 11 is 0. The monoisotopic (exact) mass is 508 g/mol. The largest absolute Gasteiger partial charge is 0.416 e. The van der Waals surface area contributed by atoms with Crippen LogP contribution in [0.5, 0.6) is 0 Å². The van der Waals surface area contributed by atoms with Crippen LogP contribution in [0, 0.1) is 0 Å². The normalized spacial score (nSPS) is 21.1. The maximum absolute atomic E-state index is 13.5. The van der Waals surface area contributed by atoms with Gasteiger partial charge in [-0.2, -0.15) is 18.3 Å². The Kier molecular flexibility index (Phi) is 6.23. The number of morpholine rings is 1. The smallest absolute Gasteiger partial charge is 0.370 e. The maximum atomic E-state index is 13.5. The second-order valence-corrected chi connectivity index (χ2v) is 10.1. The molecule has 0 saturated carbocycles. The van der Waals surface area contributed by atoms with E-state index in [0.29, 0.717) is 31.2 Å². The van der Waals surface area contributed by atoms with Gasteiger partial charge in [0.25, 0.3) is 0 Å². The third kappa shape index (κ3) is 4.88. The lowest BCUT2D eigenvalue weighted by molar-refractivity contribution is -0.139. The molecule has 0 radical (unpaired) electrons. The molecule has 1 saturated heterocycles. The Balaban J connectivity index is 1.31. The zero-order chi connectivity index (χ0) is 24.6. The van der Waals surface area contributed by atoms with Gasteiger partial charge in [-0.05, 0) is 36.6 Å². The van der Waals surface area contributed by atoms with Crippen LogP contribution in [-0.4, -0.2) is 47.9 Å². The van der Waals surface area contributed by atoms with Crippen molar-refractivity contribution < 1.29 is 26.3 Å². The fourth-order valence-corrected chi connectivity index (χ4v) is 5.63. The average molecular weight is 509 g/mol. The number of ether oxygens (including phenoxy) is 1. The Labute approximate surface area is 200 Å². The average Bonchev–Trinajstić information content (AvgIpc) is 3.34. The van der Waals surface area contributed by atoms with Crippen LogP contribution in [-0.2, 0) is 27.5 Å². The molecule has 13 heteroatoms. The molecule has 2 aliphatic rings. The van der Waals surface area contributed by atoms with Crippen LogP contribution in [0.1, 0.15) is 41.9 Å². The molecule has 4 heterocycles. The van der Waals surface area contributed by atoms with Crippen LogP contribution in [0.4, 0.5) is 19.0 Å². The number of halogens is 3. The minimum Gasteiger partial charge on any atom is -0.370 e. The van der Waals surface area contributed by atoms with Crippen molar-refractivity contribution in [1.82, 2.24) is 24.5 Å². The number of benzene rings is 1. The van der Waals surface area contributed by atoms with Gasteiger partial charge >= 0.3 is 6.18 Å². The van der Waals surface area contributed by atoms with E-state index >= 15 is 0 Å². The fourth-order valence-electron chi connectivity index (χ4n) is 4.46. The quantitative estimate of drug-likeness (QED) is 0.565. The summed E-state index contributed by atoms with van der Waals surface area (Å²) in [6.45, 7) is 1.47. The highest BCUT2D eigenvalue weighted by Gasteiger charge is 2.36. The minimum atomic E-state index is -4.49. The van der Waals surface area contributed by atoms with Crippen molar-refractivity contribution in [3.8, 4) is 0 Å². The lowest BCUT2D eigenvalue weighted by atomic mass is 10.0. The Morgan fingerprint density at radius 1 is 1.09 bits per heavy atom. The van der Waals surface area contributed by atoms with Crippen molar-refractivity contribution in [2.75, 3.05) is 24.6 Å². The molecule has 2 unspecified atom stereocenters. The fraction of sp³-hybridized carbons (Fsp3) is 0.409. The lowest BCUT2D eigenvalue weighted by Gasteiger charge is -2.35. The van der Waals surface area contributed by atoms with Gasteiger partial charge in [-0.3, -0.25) is 0 Å². The van der Waals surface area contributed by atoms with Crippen LogP contribution >= 0.6 is 0 Å². The number of rotatable bonds is 5. The number of hydrogen-bond donors (Lipinski definition) is 1. The summed E-state index contributed by atoms with van der Waals surface area (Å²) < 4.78 is 76.3. The predicted molar refractivity (Wildman–Crippen MR) is 119 cm³/mol. The number of fused-ring (bicyclic) bond motifs is 1. The van der Waals surface area contributed by atoms with Crippen molar-refractivity contribution >= 4 is 15.8 Å². The van der Waals surface area contributed by atoms with Crippen LogP contribution in [0.15, 0.2) is 53.8 Å². The van der Waals surface area contributed by atoms with Crippen LogP contribution in [0.2, 0.25) is 0 Å². The van der Waals surface area contributed by atoms with Crippen molar-refractivity contribution in [2.45, 2.75) is 42.6 Å². The molecule has 1 N–H and O–H groups in total. The first kappa shape index (κ1) is 23.7. The van der Waals surface area contributed by atoms with Gasteiger partial charge in [-0.15, -0.1) is 0 Å². The molecule has 9 nitrogen and oxygen atoms in total. The van der Waals surface area contributed by atoms with E-state index in [1.807, 2.05) is 0 Å². The van der Waals surface area contributed by atoms with E-state index < -0.39 is 33.9 Å². The number of pyridine rings is 1. The first-order chi connectivity index (χ1) is 16.7. The lowest BCUT2D eigenvalue weighted by Crippen LogP contribution is -2.39. The van der Waals surface area contributed by atoms with Gasteiger partial charge in [0.15, 0.2) is 0 Å². The number of aryl methyl sites for hydroxylation is 1. The van der Waals surface area contributed by atoms with Crippen molar-refractivity contribution in [3.05, 3.63) is 65.9 Å². The highest BCUT2D eigenvalue weighted by atomic mass is 32.2. The minimum absolute atomic E-state index is 0.00915. The highest BCUT2D eigenvalue weighted by Crippen LogP contribution is 2.37. The maximum Gasteiger partial charge on any atom is 0.416 e. The van der Waals surface area contributed by atoms with Crippen LogP contribution in [0.3, 0.4) is 0 Å². The van der Waals surface area contributed by atoms with Crippen molar-refractivity contribution in [1.29, 1.82) is 0 Å². The SMILES string of the molecule is O=S(=O)(NC1CCCn2ncnc21)c1ccc(N2CCOC(c3ccccc3C(F)(F)F)C2)nc1. The molecular weight excluding hydrogens is 485 g/mol. The van der Waals surface area contributed by atoms with E-state index in [0.717, 1.165) is 12.5 Å². The van der Waals surface area contributed by atoms with Crippen LogP contribution in [0.25, 0.3) is 0 Å². The summed E-state index contributed by atoms with van der Waals surface area (Å²) in [6, 6.07) is 7.85. The molecule has 1 fully saturated rings. The molecule has 2 atom stereocenters. The van der Waals surface area contributed by atoms with Gasteiger partial charge in [0.1, 0.15) is 29.0 Å². The molecule has 0 bridgehead atoms. The summed E-state index contributed by atoms with van der Waals surface area (Å²) in [4.78, 5) is 10.2. The number of aromatic nitrogens is 4. The second kappa shape index (κ2) is 9.21. The second-order valence-electron chi connectivity index (χ2n) is 8.40. The van der Waals surface area contributed by atoms with E-state index in [4.69, 9.17) is 4.74 Å². The summed E-state index contributed by atoms with van der Waals surface area (Å²) in [5.41, 5.74) is -0.667.